The number of hydrogen-bond acceptors (Lipinski definition) is 3. The van der Waals surface area contributed by atoms with Crippen molar-refractivity contribution in [2.75, 3.05) is 11.9 Å². The van der Waals surface area contributed by atoms with Crippen molar-refractivity contribution in [3.63, 3.8) is 0 Å². The summed E-state index contributed by atoms with van der Waals surface area (Å²) >= 11 is 0. The fraction of sp³-hybridized carbons (Fsp3) is 0.375. The zero-order valence-electron chi connectivity index (χ0n) is 6.84. The highest BCUT2D eigenvalue weighted by atomic mass is 19.1. The third kappa shape index (κ3) is 1.71. The number of hydrogen-bond donors (Lipinski definition) is 2. The number of rotatable bonds is 3. The van der Waals surface area contributed by atoms with Crippen LogP contribution in [0.25, 0.3) is 0 Å². The smallest absolute Gasteiger partial charge is 0.170 e. The van der Waals surface area contributed by atoms with E-state index in [9.17, 15) is 4.39 Å². The highest BCUT2D eigenvalue weighted by Gasteiger charge is 2.06. The number of aromatic nitrogens is 1. The van der Waals surface area contributed by atoms with Crippen molar-refractivity contribution in [2.45, 2.75) is 13.5 Å². The highest BCUT2D eigenvalue weighted by Crippen LogP contribution is 2.14. The lowest BCUT2D eigenvalue weighted by Gasteiger charge is -2.05. The summed E-state index contributed by atoms with van der Waals surface area (Å²) in [5.41, 5.74) is 0.265. The van der Waals surface area contributed by atoms with Gasteiger partial charge in [0.25, 0.3) is 0 Å². The normalized spacial score (nSPS) is 9.92. The van der Waals surface area contributed by atoms with Crippen molar-refractivity contribution in [3.05, 3.63) is 23.6 Å². The summed E-state index contributed by atoms with van der Waals surface area (Å²) in [4.78, 5) is 3.78. The molecule has 0 saturated carbocycles. The predicted molar refractivity (Wildman–Crippen MR) is 44.3 cm³/mol. The van der Waals surface area contributed by atoms with Crippen LogP contribution in [0.15, 0.2) is 12.3 Å². The van der Waals surface area contributed by atoms with Crippen LogP contribution in [0, 0.1) is 5.82 Å². The largest absolute Gasteiger partial charge is 0.392 e. The summed E-state index contributed by atoms with van der Waals surface area (Å²) in [6.45, 7) is 2.16. The van der Waals surface area contributed by atoms with Gasteiger partial charge in [-0.1, -0.05) is 0 Å². The first-order valence-corrected chi connectivity index (χ1v) is 3.77. The van der Waals surface area contributed by atoms with E-state index in [0.29, 0.717) is 6.54 Å². The third-order valence-corrected chi connectivity index (χ3v) is 1.48. The summed E-state index contributed by atoms with van der Waals surface area (Å²) in [7, 11) is 0. The zero-order valence-corrected chi connectivity index (χ0v) is 6.84. The molecule has 1 aromatic rings. The molecule has 0 bridgehead atoms. The molecule has 0 fully saturated rings. The van der Waals surface area contributed by atoms with Crippen molar-refractivity contribution >= 4 is 5.82 Å². The SMILES string of the molecule is CCNc1nccc(CO)c1F. The Hall–Kier alpha value is -1.16. The van der Waals surface area contributed by atoms with Gasteiger partial charge in [0.2, 0.25) is 0 Å². The molecule has 0 radical (unpaired) electrons. The summed E-state index contributed by atoms with van der Waals surface area (Å²) in [6, 6.07) is 1.45. The Labute approximate surface area is 70.3 Å². The lowest BCUT2D eigenvalue weighted by molar-refractivity contribution is 0.275. The first kappa shape index (κ1) is 8.93. The number of pyridine rings is 1. The second-order valence-electron chi connectivity index (χ2n) is 2.32. The minimum atomic E-state index is -0.471. The van der Waals surface area contributed by atoms with Crippen LogP contribution in [0.3, 0.4) is 0 Å². The molecule has 3 nitrogen and oxygen atoms in total. The molecule has 66 valence electrons. The van der Waals surface area contributed by atoms with Gasteiger partial charge in [-0.2, -0.15) is 0 Å². The molecule has 1 rings (SSSR count). The molecule has 4 heteroatoms. The molecule has 0 amide bonds. The maximum atomic E-state index is 13.2. The lowest BCUT2D eigenvalue weighted by Crippen LogP contribution is -2.04. The molecular weight excluding hydrogens is 159 g/mol. The van der Waals surface area contributed by atoms with Gasteiger partial charge in [-0.25, -0.2) is 9.37 Å². The molecule has 0 spiro atoms. The maximum Gasteiger partial charge on any atom is 0.170 e. The molecular formula is C8H11FN2O. The van der Waals surface area contributed by atoms with Crippen LogP contribution in [-0.2, 0) is 6.61 Å². The lowest BCUT2D eigenvalue weighted by atomic mass is 10.2. The van der Waals surface area contributed by atoms with Crippen molar-refractivity contribution in [3.8, 4) is 0 Å². The Bertz CT molecular complexity index is 265. The van der Waals surface area contributed by atoms with Crippen LogP contribution >= 0.6 is 0 Å². The number of nitrogens with one attached hydrogen (secondary N) is 1. The molecule has 0 saturated heterocycles. The molecule has 12 heavy (non-hydrogen) atoms. The molecule has 1 heterocycles. The number of anilines is 1. The minimum Gasteiger partial charge on any atom is -0.392 e. The van der Waals surface area contributed by atoms with Gasteiger partial charge in [0.15, 0.2) is 11.6 Å². The Balaban J connectivity index is 2.97. The number of aliphatic hydroxyl groups excluding tert-OH is 1. The maximum absolute atomic E-state index is 13.2. The van der Waals surface area contributed by atoms with Crippen molar-refractivity contribution < 1.29 is 9.50 Å². The average molecular weight is 170 g/mol. The fourth-order valence-electron chi connectivity index (χ4n) is 0.896. The van der Waals surface area contributed by atoms with Gasteiger partial charge in [0.1, 0.15) is 0 Å². The third-order valence-electron chi connectivity index (χ3n) is 1.48. The monoisotopic (exact) mass is 170 g/mol. The molecule has 1 aromatic heterocycles. The van der Waals surface area contributed by atoms with Crippen LogP contribution in [0.1, 0.15) is 12.5 Å². The fourth-order valence-corrected chi connectivity index (χ4v) is 0.896. The minimum absolute atomic E-state index is 0.198. The van der Waals surface area contributed by atoms with Crippen molar-refractivity contribution in [2.24, 2.45) is 0 Å². The van der Waals surface area contributed by atoms with E-state index < -0.39 is 5.82 Å². The first-order valence-electron chi connectivity index (χ1n) is 3.77. The van der Waals surface area contributed by atoms with E-state index in [0.717, 1.165) is 0 Å². The highest BCUT2D eigenvalue weighted by molar-refractivity contribution is 5.39. The van der Waals surface area contributed by atoms with Crippen molar-refractivity contribution in [1.82, 2.24) is 4.98 Å². The first-order chi connectivity index (χ1) is 5.79. The molecule has 0 aliphatic heterocycles. The van der Waals surface area contributed by atoms with Crippen LogP contribution in [0.5, 0.6) is 0 Å². The molecule has 0 unspecified atom stereocenters. The topological polar surface area (TPSA) is 45.2 Å². The van der Waals surface area contributed by atoms with Gasteiger partial charge < -0.3 is 10.4 Å². The Morgan fingerprint density at radius 3 is 3.00 bits per heavy atom. The molecule has 0 aliphatic carbocycles. The predicted octanol–water partition coefficient (Wildman–Crippen LogP) is 1.14. The van der Waals surface area contributed by atoms with Gasteiger partial charge in [0.05, 0.1) is 6.61 Å². The average Bonchev–Trinajstić information content (AvgIpc) is 2.09. The van der Waals surface area contributed by atoms with Crippen molar-refractivity contribution in [1.29, 1.82) is 0 Å². The number of nitrogens with zero attached hydrogens (tertiary/aromatic N) is 1. The quantitative estimate of drug-likeness (QED) is 0.715. The standard InChI is InChI=1S/C8H11FN2O/c1-2-10-8-7(9)6(5-12)3-4-11-8/h3-4,12H,2,5H2,1H3,(H,10,11). The van der Waals surface area contributed by atoms with E-state index in [-0.39, 0.29) is 18.0 Å². The van der Waals surface area contributed by atoms with Gasteiger partial charge >= 0.3 is 0 Å². The molecule has 0 atom stereocenters. The molecule has 0 aromatic carbocycles. The summed E-state index contributed by atoms with van der Waals surface area (Å²) in [5.74, 6) is -0.272. The Kier molecular flexibility index (Phi) is 2.99. The zero-order chi connectivity index (χ0) is 8.97. The van der Waals surface area contributed by atoms with Crippen LogP contribution in [-0.4, -0.2) is 16.6 Å². The van der Waals surface area contributed by atoms with Gasteiger partial charge in [-0.15, -0.1) is 0 Å². The van der Waals surface area contributed by atoms with Gasteiger partial charge in [0, 0.05) is 18.3 Å². The summed E-state index contributed by atoms with van der Waals surface area (Å²) in [5, 5.41) is 11.5. The van der Waals surface area contributed by atoms with Gasteiger partial charge in [-0.3, -0.25) is 0 Å². The molecule has 0 aliphatic rings. The van der Waals surface area contributed by atoms with E-state index in [1.54, 1.807) is 0 Å². The van der Waals surface area contributed by atoms with Crippen LogP contribution < -0.4 is 5.32 Å². The van der Waals surface area contributed by atoms with E-state index in [4.69, 9.17) is 5.11 Å². The van der Waals surface area contributed by atoms with E-state index in [2.05, 4.69) is 10.3 Å². The number of aliphatic hydroxyl groups is 1. The van der Waals surface area contributed by atoms with E-state index in [1.807, 2.05) is 6.92 Å². The van der Waals surface area contributed by atoms with E-state index in [1.165, 1.54) is 12.3 Å². The molecule has 2 N–H and O–H groups in total. The number of halogens is 1. The van der Waals surface area contributed by atoms with E-state index >= 15 is 0 Å². The second-order valence-corrected chi connectivity index (χ2v) is 2.32. The van der Waals surface area contributed by atoms with Crippen LogP contribution in [0.2, 0.25) is 0 Å². The Morgan fingerprint density at radius 1 is 1.67 bits per heavy atom. The van der Waals surface area contributed by atoms with Crippen LogP contribution in [0.4, 0.5) is 10.2 Å². The summed E-state index contributed by atoms with van der Waals surface area (Å²) < 4.78 is 13.2. The Morgan fingerprint density at radius 2 is 2.42 bits per heavy atom. The van der Waals surface area contributed by atoms with Gasteiger partial charge in [-0.05, 0) is 13.0 Å². The second kappa shape index (κ2) is 4.01. The summed E-state index contributed by atoms with van der Waals surface area (Å²) in [6.07, 6.45) is 1.46.